The van der Waals surface area contributed by atoms with E-state index in [1.807, 2.05) is 48.5 Å². The van der Waals surface area contributed by atoms with Crippen molar-refractivity contribution in [3.63, 3.8) is 0 Å². The van der Waals surface area contributed by atoms with Gasteiger partial charge in [-0.05, 0) is 64.6 Å². The number of aryl methyl sites for hydroxylation is 1. The number of ether oxygens (including phenoxy) is 3. The van der Waals surface area contributed by atoms with Gasteiger partial charge in [0.05, 0.1) is 5.56 Å². The summed E-state index contributed by atoms with van der Waals surface area (Å²) in [6.45, 7) is 5.40. The summed E-state index contributed by atoms with van der Waals surface area (Å²) >= 11 is 0. The van der Waals surface area contributed by atoms with Gasteiger partial charge in [0, 0.05) is 56.4 Å². The summed E-state index contributed by atoms with van der Waals surface area (Å²) < 4.78 is 57.6. The van der Waals surface area contributed by atoms with Crippen molar-refractivity contribution in [3.8, 4) is 17.5 Å². The first-order chi connectivity index (χ1) is 21.7. The highest BCUT2D eigenvalue weighted by Crippen LogP contribution is 2.30. The minimum Gasteiger partial charge on any atom is -0.490 e. The highest BCUT2D eigenvalue weighted by atomic mass is 19.4. The molecule has 4 aromatic rings. The highest BCUT2D eigenvalue weighted by molar-refractivity contribution is 5.49. The second-order valence-corrected chi connectivity index (χ2v) is 11.1. The number of nitrogens with zero attached hydrogens (tertiary/aromatic N) is 5. The first-order valence-corrected chi connectivity index (χ1v) is 14.7. The van der Waals surface area contributed by atoms with Crippen LogP contribution in [0.1, 0.15) is 23.1 Å². The number of benzene rings is 3. The topological polar surface area (TPSA) is 95.1 Å². The van der Waals surface area contributed by atoms with Gasteiger partial charge < -0.3 is 29.2 Å². The Morgan fingerprint density at radius 1 is 0.911 bits per heavy atom. The molecule has 1 aromatic heterocycles. The molecular weight excluding hydrogens is 591 g/mol. The Bertz CT molecular complexity index is 1600. The monoisotopic (exact) mass is 623 g/mol. The standard InChI is InChI=1S/C32H32F3N5O5/c33-32(34,35)25-6-4-23(5-7-25)21-43-28-3-1-2-24(18-28)19-37-14-16-38(17-15-37)26-8-10-27(11-9-26)44-22-29-12-13-39-20-30(40(41)42)36-31(39)45-29/h1-11,18,20,29H,12-17,19,21-22H2/t29-/m0/s1. The number of rotatable bonds is 10. The molecule has 10 nitrogen and oxygen atoms in total. The molecule has 1 fully saturated rings. The molecule has 0 N–H and O–H groups in total. The highest BCUT2D eigenvalue weighted by Gasteiger charge is 2.30. The molecule has 2 aliphatic rings. The van der Waals surface area contributed by atoms with Gasteiger partial charge in [0.15, 0.2) is 0 Å². The van der Waals surface area contributed by atoms with E-state index in [1.165, 1.54) is 18.3 Å². The number of hydrogen-bond acceptors (Lipinski definition) is 8. The van der Waals surface area contributed by atoms with E-state index in [-0.39, 0.29) is 24.5 Å². The van der Waals surface area contributed by atoms with Gasteiger partial charge in [-0.3, -0.25) is 9.47 Å². The zero-order valence-corrected chi connectivity index (χ0v) is 24.4. The quantitative estimate of drug-likeness (QED) is 0.158. The molecule has 0 bridgehead atoms. The van der Waals surface area contributed by atoms with Gasteiger partial charge in [0.1, 0.15) is 37.0 Å². The van der Waals surface area contributed by atoms with Crippen molar-refractivity contribution in [1.82, 2.24) is 14.5 Å². The molecule has 6 rings (SSSR count). The Morgan fingerprint density at radius 2 is 1.67 bits per heavy atom. The third kappa shape index (κ3) is 7.66. The number of nitro groups is 1. The number of fused-ring (bicyclic) bond motifs is 1. The molecule has 2 aliphatic heterocycles. The lowest BCUT2D eigenvalue weighted by molar-refractivity contribution is -0.389. The van der Waals surface area contributed by atoms with Crippen molar-refractivity contribution in [3.05, 3.63) is 106 Å². The summed E-state index contributed by atoms with van der Waals surface area (Å²) in [4.78, 5) is 19.1. The summed E-state index contributed by atoms with van der Waals surface area (Å²) in [6.07, 6.45) is -2.53. The minimum absolute atomic E-state index is 0.192. The van der Waals surface area contributed by atoms with E-state index < -0.39 is 16.7 Å². The van der Waals surface area contributed by atoms with E-state index in [0.29, 0.717) is 30.9 Å². The van der Waals surface area contributed by atoms with Crippen molar-refractivity contribution in [2.45, 2.75) is 38.4 Å². The van der Waals surface area contributed by atoms with Gasteiger partial charge in [-0.15, -0.1) is 0 Å². The van der Waals surface area contributed by atoms with Gasteiger partial charge >= 0.3 is 18.0 Å². The number of anilines is 1. The molecule has 3 aromatic carbocycles. The first-order valence-electron chi connectivity index (χ1n) is 14.7. The van der Waals surface area contributed by atoms with Gasteiger partial charge in [0.2, 0.25) is 0 Å². The van der Waals surface area contributed by atoms with Crippen molar-refractivity contribution >= 4 is 11.5 Å². The van der Waals surface area contributed by atoms with Crippen molar-refractivity contribution < 1.29 is 32.3 Å². The van der Waals surface area contributed by atoms with E-state index in [2.05, 4.69) is 14.8 Å². The van der Waals surface area contributed by atoms with Crippen molar-refractivity contribution in [1.29, 1.82) is 0 Å². The average Bonchev–Trinajstić information content (AvgIpc) is 3.48. The maximum absolute atomic E-state index is 12.8. The lowest BCUT2D eigenvalue weighted by Gasteiger charge is -2.36. The van der Waals surface area contributed by atoms with Crippen LogP contribution in [-0.4, -0.2) is 58.3 Å². The van der Waals surface area contributed by atoms with Gasteiger partial charge in [-0.2, -0.15) is 13.2 Å². The van der Waals surface area contributed by atoms with Crippen molar-refractivity contribution in [2.24, 2.45) is 0 Å². The Kier molecular flexibility index (Phi) is 8.78. The molecule has 0 amide bonds. The fraction of sp³-hybridized carbons (Fsp3) is 0.344. The zero-order valence-electron chi connectivity index (χ0n) is 24.4. The lowest BCUT2D eigenvalue weighted by Crippen LogP contribution is -2.45. The largest absolute Gasteiger partial charge is 0.490 e. The predicted octanol–water partition coefficient (Wildman–Crippen LogP) is 5.94. The molecule has 1 saturated heterocycles. The number of aromatic nitrogens is 2. The number of imidazole rings is 1. The zero-order chi connectivity index (χ0) is 31.4. The number of halogens is 3. The molecule has 0 radical (unpaired) electrons. The van der Waals surface area contributed by atoms with Crippen LogP contribution in [0.3, 0.4) is 0 Å². The normalized spacial score (nSPS) is 17.0. The third-order valence-electron chi connectivity index (χ3n) is 7.88. The van der Waals surface area contributed by atoms with Crippen LogP contribution in [0.4, 0.5) is 24.7 Å². The van der Waals surface area contributed by atoms with Gasteiger partial charge in [0.25, 0.3) is 0 Å². The number of alkyl halides is 3. The predicted molar refractivity (Wildman–Crippen MR) is 160 cm³/mol. The summed E-state index contributed by atoms with van der Waals surface area (Å²) in [7, 11) is 0. The van der Waals surface area contributed by atoms with Crippen LogP contribution in [0.5, 0.6) is 17.5 Å². The van der Waals surface area contributed by atoms with E-state index in [9.17, 15) is 23.3 Å². The second-order valence-electron chi connectivity index (χ2n) is 11.1. The molecule has 13 heteroatoms. The molecule has 45 heavy (non-hydrogen) atoms. The molecular formula is C32H32F3N5O5. The Balaban J connectivity index is 0.936. The van der Waals surface area contributed by atoms with Crippen LogP contribution in [-0.2, 0) is 25.9 Å². The van der Waals surface area contributed by atoms with Crippen LogP contribution in [0.15, 0.2) is 79.0 Å². The van der Waals surface area contributed by atoms with Crippen LogP contribution < -0.4 is 19.1 Å². The number of hydrogen-bond donors (Lipinski definition) is 0. The molecule has 0 aliphatic carbocycles. The summed E-state index contributed by atoms with van der Waals surface area (Å²) in [5, 5.41) is 11.0. The summed E-state index contributed by atoms with van der Waals surface area (Å²) in [6, 6.07) is 21.0. The number of piperazine rings is 1. The third-order valence-corrected chi connectivity index (χ3v) is 7.88. The summed E-state index contributed by atoms with van der Waals surface area (Å²) in [5.74, 6) is 1.18. The van der Waals surface area contributed by atoms with E-state index >= 15 is 0 Å². The van der Waals surface area contributed by atoms with Crippen LogP contribution in [0.25, 0.3) is 0 Å². The molecule has 236 valence electrons. The smallest absolute Gasteiger partial charge is 0.416 e. The van der Waals surface area contributed by atoms with Crippen LogP contribution in [0.2, 0.25) is 0 Å². The SMILES string of the molecule is O=[N+]([O-])c1cn2c(n1)O[C@H](COc1ccc(N3CCN(Cc4cccc(OCc5ccc(C(F)(F)F)cc5)c4)CC3)cc1)CC2. The fourth-order valence-electron chi connectivity index (χ4n) is 5.39. The maximum Gasteiger partial charge on any atom is 0.416 e. The van der Waals surface area contributed by atoms with Gasteiger partial charge in [-0.1, -0.05) is 24.3 Å². The van der Waals surface area contributed by atoms with Crippen LogP contribution >= 0.6 is 0 Å². The molecule has 3 heterocycles. The van der Waals surface area contributed by atoms with E-state index in [4.69, 9.17) is 14.2 Å². The second kappa shape index (κ2) is 13.1. The molecule has 0 unspecified atom stereocenters. The Hall–Kier alpha value is -4.78. The van der Waals surface area contributed by atoms with Crippen molar-refractivity contribution in [2.75, 3.05) is 37.7 Å². The molecule has 0 saturated carbocycles. The van der Waals surface area contributed by atoms with E-state index in [0.717, 1.165) is 61.9 Å². The fourth-order valence-corrected chi connectivity index (χ4v) is 5.39. The minimum atomic E-state index is -4.35. The molecule has 1 atom stereocenters. The van der Waals surface area contributed by atoms with E-state index in [1.54, 1.807) is 4.57 Å². The summed E-state index contributed by atoms with van der Waals surface area (Å²) in [5.41, 5.74) is 2.23. The molecule has 0 spiro atoms. The van der Waals surface area contributed by atoms with Gasteiger partial charge in [-0.25, -0.2) is 0 Å². The maximum atomic E-state index is 12.8. The van der Waals surface area contributed by atoms with Crippen LogP contribution in [0, 0.1) is 10.1 Å². The average molecular weight is 624 g/mol. The Labute approximate surface area is 257 Å². The Morgan fingerprint density at radius 3 is 2.38 bits per heavy atom. The lowest BCUT2D eigenvalue weighted by atomic mass is 10.1. The first kappa shape index (κ1) is 30.3.